The van der Waals surface area contributed by atoms with Crippen LogP contribution >= 0.6 is 11.8 Å². The van der Waals surface area contributed by atoms with E-state index >= 15 is 0 Å². The zero-order chi connectivity index (χ0) is 20.1. The molecule has 1 amide bonds. The highest BCUT2D eigenvalue weighted by molar-refractivity contribution is 7.98. The number of carbonyl (C=O) groups excluding carboxylic acids is 2. The Bertz CT molecular complexity index is 999. The number of ether oxygens (including phenoxy) is 1. The number of rotatable bonds is 6. The number of aryl methyl sites for hydroxylation is 1. The molecule has 0 aliphatic carbocycles. The minimum Gasteiger partial charge on any atom is -0.452 e. The average Bonchev–Trinajstić information content (AvgIpc) is 3.01. The van der Waals surface area contributed by atoms with Crippen LogP contribution in [0.3, 0.4) is 0 Å². The van der Waals surface area contributed by atoms with Gasteiger partial charge in [-0.05, 0) is 50.4 Å². The first kappa shape index (κ1) is 19.7. The summed E-state index contributed by atoms with van der Waals surface area (Å²) in [6, 6.07) is 17.0. The summed E-state index contributed by atoms with van der Waals surface area (Å²) in [5, 5.41) is 7.16. The Morgan fingerprint density at radius 3 is 2.57 bits per heavy atom. The van der Waals surface area contributed by atoms with Gasteiger partial charge in [0.15, 0.2) is 6.61 Å². The molecule has 144 valence electrons. The minimum absolute atomic E-state index is 0.363. The van der Waals surface area contributed by atoms with Crippen LogP contribution in [0.4, 0.5) is 5.69 Å². The smallest absolute Gasteiger partial charge is 0.342 e. The predicted molar refractivity (Wildman–Crippen MR) is 110 cm³/mol. The summed E-state index contributed by atoms with van der Waals surface area (Å²) < 4.78 is 6.91. The van der Waals surface area contributed by atoms with Gasteiger partial charge in [-0.1, -0.05) is 24.3 Å². The van der Waals surface area contributed by atoms with Gasteiger partial charge in [0.2, 0.25) is 0 Å². The Labute approximate surface area is 167 Å². The van der Waals surface area contributed by atoms with Crippen LogP contribution in [0.15, 0.2) is 59.5 Å². The van der Waals surface area contributed by atoms with Crippen LogP contribution in [0.5, 0.6) is 0 Å². The number of carbonyl (C=O) groups is 2. The highest BCUT2D eigenvalue weighted by atomic mass is 32.2. The fourth-order valence-corrected chi connectivity index (χ4v) is 3.32. The third-order valence-corrected chi connectivity index (χ3v) is 4.91. The normalized spacial score (nSPS) is 10.5. The van der Waals surface area contributed by atoms with Crippen molar-refractivity contribution in [1.82, 2.24) is 9.78 Å². The number of nitrogens with zero attached hydrogens (tertiary/aromatic N) is 2. The third-order valence-electron chi connectivity index (χ3n) is 4.18. The molecule has 7 heteroatoms. The Morgan fingerprint density at radius 1 is 1.11 bits per heavy atom. The first-order valence-electron chi connectivity index (χ1n) is 8.72. The van der Waals surface area contributed by atoms with E-state index in [1.807, 2.05) is 54.8 Å². The summed E-state index contributed by atoms with van der Waals surface area (Å²) in [6.07, 6.45) is 1.96. The molecule has 3 rings (SSSR count). The van der Waals surface area contributed by atoms with Gasteiger partial charge < -0.3 is 10.1 Å². The van der Waals surface area contributed by atoms with Crippen molar-refractivity contribution >= 4 is 29.3 Å². The van der Waals surface area contributed by atoms with Gasteiger partial charge in [-0.15, -0.1) is 11.8 Å². The van der Waals surface area contributed by atoms with E-state index in [9.17, 15) is 9.59 Å². The van der Waals surface area contributed by atoms with E-state index in [-0.39, 0.29) is 6.61 Å². The maximum atomic E-state index is 12.5. The highest BCUT2D eigenvalue weighted by Gasteiger charge is 2.21. The monoisotopic (exact) mass is 395 g/mol. The lowest BCUT2D eigenvalue weighted by Crippen LogP contribution is -2.21. The van der Waals surface area contributed by atoms with Gasteiger partial charge in [-0.3, -0.25) is 4.79 Å². The number of nitrogens with one attached hydrogen (secondary N) is 1. The van der Waals surface area contributed by atoms with Crippen molar-refractivity contribution in [2.75, 3.05) is 18.2 Å². The van der Waals surface area contributed by atoms with Gasteiger partial charge >= 0.3 is 5.97 Å². The molecule has 1 heterocycles. The quantitative estimate of drug-likeness (QED) is 0.504. The molecular formula is C21H21N3O3S. The van der Waals surface area contributed by atoms with Crippen LogP contribution in [0.1, 0.15) is 21.7 Å². The van der Waals surface area contributed by atoms with Crippen LogP contribution in [-0.4, -0.2) is 34.5 Å². The summed E-state index contributed by atoms with van der Waals surface area (Å²) >= 11 is 1.58. The molecule has 0 saturated heterocycles. The van der Waals surface area contributed by atoms with Crippen LogP contribution in [-0.2, 0) is 9.53 Å². The number of hydrogen-bond donors (Lipinski definition) is 1. The van der Waals surface area contributed by atoms with Crippen LogP contribution < -0.4 is 5.32 Å². The van der Waals surface area contributed by atoms with Crippen molar-refractivity contribution in [3.63, 3.8) is 0 Å². The fraction of sp³-hybridized carbons (Fsp3) is 0.190. The first-order chi connectivity index (χ1) is 13.5. The molecule has 1 aromatic heterocycles. The van der Waals surface area contributed by atoms with E-state index in [1.54, 1.807) is 36.4 Å². The molecule has 2 aromatic carbocycles. The molecule has 0 unspecified atom stereocenters. The van der Waals surface area contributed by atoms with Crippen LogP contribution in [0.25, 0.3) is 5.69 Å². The SMILES string of the molecule is CSc1cccc(NC(=O)COC(=O)c2c(C)nn(-c3ccccc3)c2C)c1. The molecule has 0 spiro atoms. The lowest BCUT2D eigenvalue weighted by Gasteiger charge is -2.08. The van der Waals surface area contributed by atoms with Gasteiger partial charge in [0.1, 0.15) is 5.56 Å². The first-order valence-corrected chi connectivity index (χ1v) is 9.94. The molecule has 0 radical (unpaired) electrons. The zero-order valence-corrected chi connectivity index (χ0v) is 16.7. The molecule has 28 heavy (non-hydrogen) atoms. The number of aromatic nitrogens is 2. The van der Waals surface area contributed by atoms with Crippen molar-refractivity contribution < 1.29 is 14.3 Å². The van der Waals surface area contributed by atoms with Gasteiger partial charge in [-0.25, -0.2) is 9.48 Å². The standard InChI is InChI=1S/C21H21N3O3S/c1-14-20(15(2)24(23-14)17-9-5-4-6-10-17)21(26)27-13-19(25)22-16-8-7-11-18(12-16)28-3/h4-12H,13H2,1-3H3,(H,22,25). The summed E-state index contributed by atoms with van der Waals surface area (Å²) in [7, 11) is 0. The maximum absolute atomic E-state index is 12.5. The lowest BCUT2D eigenvalue weighted by atomic mass is 10.2. The molecule has 0 saturated carbocycles. The van der Waals surface area contributed by atoms with Crippen molar-refractivity contribution in [1.29, 1.82) is 0 Å². The van der Waals surface area contributed by atoms with Crippen molar-refractivity contribution in [2.45, 2.75) is 18.7 Å². The summed E-state index contributed by atoms with van der Waals surface area (Å²) in [5.41, 5.74) is 3.12. The Balaban J connectivity index is 1.66. The number of hydrogen-bond acceptors (Lipinski definition) is 5. The summed E-state index contributed by atoms with van der Waals surface area (Å²) in [6.45, 7) is 3.19. The van der Waals surface area contributed by atoms with E-state index in [2.05, 4.69) is 10.4 Å². The average molecular weight is 395 g/mol. The Hall–Kier alpha value is -3.06. The second-order valence-corrected chi connectivity index (χ2v) is 7.03. The highest BCUT2D eigenvalue weighted by Crippen LogP contribution is 2.20. The van der Waals surface area contributed by atoms with Crippen molar-refractivity contribution in [3.8, 4) is 5.69 Å². The molecule has 3 aromatic rings. The van der Waals surface area contributed by atoms with E-state index in [4.69, 9.17) is 4.74 Å². The molecule has 0 aliphatic rings. The molecule has 1 N–H and O–H groups in total. The van der Waals surface area contributed by atoms with Crippen molar-refractivity contribution in [2.24, 2.45) is 0 Å². The van der Waals surface area contributed by atoms with E-state index in [0.29, 0.717) is 22.6 Å². The second kappa shape index (κ2) is 8.75. The van der Waals surface area contributed by atoms with Gasteiger partial charge in [-0.2, -0.15) is 5.10 Å². The van der Waals surface area contributed by atoms with Gasteiger partial charge in [0, 0.05) is 10.6 Å². The van der Waals surface area contributed by atoms with E-state index < -0.39 is 11.9 Å². The molecule has 0 aliphatic heterocycles. The number of benzene rings is 2. The fourth-order valence-electron chi connectivity index (χ4n) is 2.86. The largest absolute Gasteiger partial charge is 0.452 e. The third kappa shape index (κ3) is 4.43. The molecule has 0 bridgehead atoms. The predicted octanol–water partition coefficient (Wildman–Crippen LogP) is 4.01. The number of anilines is 1. The Morgan fingerprint density at radius 2 is 1.86 bits per heavy atom. The molecule has 0 fully saturated rings. The number of esters is 1. The number of para-hydroxylation sites is 1. The summed E-state index contributed by atoms with van der Waals surface area (Å²) in [5.74, 6) is -0.956. The van der Waals surface area contributed by atoms with Crippen molar-refractivity contribution in [3.05, 3.63) is 71.5 Å². The van der Waals surface area contributed by atoms with E-state index in [1.165, 1.54) is 0 Å². The second-order valence-electron chi connectivity index (χ2n) is 6.15. The zero-order valence-electron chi connectivity index (χ0n) is 15.9. The lowest BCUT2D eigenvalue weighted by molar-refractivity contribution is -0.119. The minimum atomic E-state index is -0.565. The number of amides is 1. The molecule has 0 atom stereocenters. The molecular weight excluding hydrogens is 374 g/mol. The molecule has 6 nitrogen and oxygen atoms in total. The Kier molecular flexibility index (Phi) is 6.16. The van der Waals surface area contributed by atoms with Gasteiger partial charge in [0.05, 0.1) is 17.1 Å². The maximum Gasteiger partial charge on any atom is 0.342 e. The number of thioether (sulfide) groups is 1. The van der Waals surface area contributed by atoms with Gasteiger partial charge in [0.25, 0.3) is 5.91 Å². The van der Waals surface area contributed by atoms with E-state index in [0.717, 1.165) is 10.6 Å². The van der Waals surface area contributed by atoms with Crippen LogP contribution in [0.2, 0.25) is 0 Å². The van der Waals surface area contributed by atoms with Crippen LogP contribution in [0, 0.1) is 13.8 Å². The topological polar surface area (TPSA) is 73.2 Å². The summed E-state index contributed by atoms with van der Waals surface area (Å²) in [4.78, 5) is 25.7.